The summed E-state index contributed by atoms with van der Waals surface area (Å²) in [4.78, 5) is 46.0. The van der Waals surface area contributed by atoms with Crippen LogP contribution in [0.5, 0.6) is 0 Å². The Kier molecular flexibility index (Phi) is 2.80. The summed E-state index contributed by atoms with van der Waals surface area (Å²) in [6.07, 6.45) is 0. The third kappa shape index (κ3) is 1.56. The molecule has 0 aromatic carbocycles. The zero-order valence-electron chi connectivity index (χ0n) is 9.18. The van der Waals surface area contributed by atoms with Gasteiger partial charge in [-0.15, -0.1) is 0 Å². The second-order valence-corrected chi connectivity index (χ2v) is 3.39. The second kappa shape index (κ2) is 3.76. The summed E-state index contributed by atoms with van der Waals surface area (Å²) in [7, 11) is 2.37. The molecule has 7 nitrogen and oxygen atoms in total. The van der Waals surface area contributed by atoms with Gasteiger partial charge in [-0.2, -0.15) is 4.57 Å². The van der Waals surface area contributed by atoms with Gasteiger partial charge in [0, 0.05) is 19.7 Å². The van der Waals surface area contributed by atoms with Crippen LogP contribution in [0.25, 0.3) is 0 Å². The Morgan fingerprint density at radius 1 is 1.00 bits per heavy atom. The first-order valence-electron chi connectivity index (χ1n) is 4.38. The molecule has 16 heavy (non-hydrogen) atoms. The Bertz CT molecular complexity index is 604. The van der Waals surface area contributed by atoms with Crippen LogP contribution in [0.4, 0.5) is 0 Å². The van der Waals surface area contributed by atoms with Crippen molar-refractivity contribution in [1.29, 1.82) is 0 Å². The van der Waals surface area contributed by atoms with E-state index in [2.05, 4.69) is 6.58 Å². The molecule has 0 aliphatic carbocycles. The first-order valence-corrected chi connectivity index (χ1v) is 4.38. The number of aromatic nitrogens is 3. The molecular weight excluding hydrogens is 214 g/mol. The first-order chi connectivity index (χ1) is 7.29. The molecule has 1 rings (SSSR count). The molecule has 0 saturated heterocycles. The number of allylic oxidation sites excluding steroid dienone is 1. The van der Waals surface area contributed by atoms with Gasteiger partial charge >= 0.3 is 17.1 Å². The molecule has 7 heteroatoms. The molecule has 0 bridgehead atoms. The van der Waals surface area contributed by atoms with Crippen LogP contribution in [-0.2, 0) is 14.1 Å². The van der Waals surface area contributed by atoms with Crippen molar-refractivity contribution in [1.82, 2.24) is 13.7 Å². The summed E-state index contributed by atoms with van der Waals surface area (Å²) in [6, 6.07) is 0. The van der Waals surface area contributed by atoms with Crippen molar-refractivity contribution in [3.8, 4) is 0 Å². The maximum atomic E-state index is 11.6. The van der Waals surface area contributed by atoms with E-state index in [9.17, 15) is 19.2 Å². The maximum Gasteiger partial charge on any atom is 0.343 e. The van der Waals surface area contributed by atoms with Crippen molar-refractivity contribution in [2.45, 2.75) is 6.92 Å². The predicted molar refractivity (Wildman–Crippen MR) is 56.6 cm³/mol. The largest absolute Gasteiger partial charge is 0.343 e. The van der Waals surface area contributed by atoms with Crippen LogP contribution in [-0.4, -0.2) is 19.6 Å². The molecule has 0 spiro atoms. The Balaban J connectivity index is 3.87. The molecule has 1 heterocycles. The number of carbonyl (C=O) groups is 1. The average molecular weight is 225 g/mol. The molecule has 0 saturated carbocycles. The second-order valence-electron chi connectivity index (χ2n) is 3.39. The Morgan fingerprint density at radius 2 is 1.38 bits per heavy atom. The summed E-state index contributed by atoms with van der Waals surface area (Å²) in [6.45, 7) is 4.72. The van der Waals surface area contributed by atoms with E-state index in [1.807, 2.05) is 0 Å². The molecule has 1 aromatic rings. The fraction of sp³-hybridized carbons (Fsp3) is 0.333. The maximum absolute atomic E-state index is 11.6. The minimum atomic E-state index is -0.971. The van der Waals surface area contributed by atoms with Gasteiger partial charge in [-0.1, -0.05) is 6.58 Å². The summed E-state index contributed by atoms with van der Waals surface area (Å²) in [5.74, 6) is -0.818. The average Bonchev–Trinajstić information content (AvgIpc) is 2.23. The van der Waals surface area contributed by atoms with Crippen LogP contribution < -0.4 is 17.1 Å². The molecule has 0 N–H and O–H groups in total. The van der Waals surface area contributed by atoms with Gasteiger partial charge in [0.25, 0.3) is 5.91 Å². The lowest BCUT2D eigenvalue weighted by Crippen LogP contribution is -2.54. The minimum absolute atomic E-state index is 0.0397. The monoisotopic (exact) mass is 225 g/mol. The first kappa shape index (κ1) is 11.9. The van der Waals surface area contributed by atoms with Crippen molar-refractivity contribution < 1.29 is 4.79 Å². The van der Waals surface area contributed by atoms with Crippen LogP contribution in [0, 0.1) is 0 Å². The third-order valence-corrected chi connectivity index (χ3v) is 2.10. The molecule has 0 fully saturated rings. The summed E-state index contributed by atoms with van der Waals surface area (Å²) < 4.78 is 1.74. The smallest absolute Gasteiger partial charge is 0.268 e. The molecular formula is C9H11N3O4. The SMILES string of the molecule is C=C(C)C(=O)n1c(=O)n(C)c(=O)n(C)c1=O. The Morgan fingerprint density at radius 3 is 1.69 bits per heavy atom. The zero-order valence-corrected chi connectivity index (χ0v) is 9.18. The van der Waals surface area contributed by atoms with Crippen molar-refractivity contribution in [3.63, 3.8) is 0 Å². The van der Waals surface area contributed by atoms with E-state index in [0.717, 1.165) is 0 Å². The van der Waals surface area contributed by atoms with Crippen LogP contribution >= 0.6 is 0 Å². The quantitative estimate of drug-likeness (QED) is 0.542. The van der Waals surface area contributed by atoms with E-state index in [4.69, 9.17) is 0 Å². The number of rotatable bonds is 1. The van der Waals surface area contributed by atoms with E-state index in [-0.39, 0.29) is 5.57 Å². The van der Waals surface area contributed by atoms with Gasteiger partial charge in [-0.3, -0.25) is 4.79 Å². The molecule has 0 unspecified atom stereocenters. The Labute approximate surface area is 89.9 Å². The molecule has 0 aliphatic rings. The predicted octanol–water partition coefficient (Wildman–Crippen LogP) is -1.54. The zero-order chi connectivity index (χ0) is 12.6. The molecule has 1 aromatic heterocycles. The van der Waals surface area contributed by atoms with E-state index in [0.29, 0.717) is 13.7 Å². The van der Waals surface area contributed by atoms with Crippen LogP contribution in [0.2, 0.25) is 0 Å². The lowest BCUT2D eigenvalue weighted by Gasteiger charge is -2.06. The molecule has 0 radical (unpaired) electrons. The lowest BCUT2D eigenvalue weighted by atomic mass is 10.3. The minimum Gasteiger partial charge on any atom is -0.268 e. The van der Waals surface area contributed by atoms with Crippen molar-refractivity contribution in [2.75, 3.05) is 0 Å². The Hall–Kier alpha value is -2.18. The molecule has 0 amide bonds. The van der Waals surface area contributed by atoms with Crippen molar-refractivity contribution >= 4 is 5.91 Å². The molecule has 86 valence electrons. The van der Waals surface area contributed by atoms with Gasteiger partial charge in [0.15, 0.2) is 0 Å². The fourth-order valence-electron chi connectivity index (χ4n) is 1.14. The highest BCUT2D eigenvalue weighted by atomic mass is 16.2. The van der Waals surface area contributed by atoms with E-state index in [1.54, 1.807) is 0 Å². The summed E-state index contributed by atoms with van der Waals surface area (Å²) in [5.41, 5.74) is -2.68. The molecule has 0 aliphatic heterocycles. The number of nitrogens with zero attached hydrogens (tertiary/aromatic N) is 3. The van der Waals surface area contributed by atoms with Crippen molar-refractivity contribution in [3.05, 3.63) is 43.6 Å². The van der Waals surface area contributed by atoms with Gasteiger partial charge in [-0.05, 0) is 6.92 Å². The highest BCUT2D eigenvalue weighted by Gasteiger charge is 2.16. The van der Waals surface area contributed by atoms with E-state index in [1.165, 1.54) is 21.0 Å². The molecule has 0 atom stereocenters. The van der Waals surface area contributed by atoms with E-state index >= 15 is 0 Å². The number of hydrogen-bond acceptors (Lipinski definition) is 4. The third-order valence-electron chi connectivity index (χ3n) is 2.10. The standard InChI is InChI=1S/C9H11N3O4/c1-5(2)6(13)12-8(15)10(3)7(14)11(4)9(12)16/h1H2,2-4H3. The van der Waals surface area contributed by atoms with Gasteiger partial charge in [0.05, 0.1) is 0 Å². The summed E-state index contributed by atoms with van der Waals surface area (Å²) >= 11 is 0. The lowest BCUT2D eigenvalue weighted by molar-refractivity contribution is 0.0939. The van der Waals surface area contributed by atoms with Crippen LogP contribution in [0.15, 0.2) is 26.5 Å². The van der Waals surface area contributed by atoms with Gasteiger partial charge < -0.3 is 0 Å². The highest BCUT2D eigenvalue weighted by molar-refractivity contribution is 5.93. The number of carbonyl (C=O) groups excluding carboxylic acids is 1. The fourth-order valence-corrected chi connectivity index (χ4v) is 1.14. The van der Waals surface area contributed by atoms with Crippen molar-refractivity contribution in [2.24, 2.45) is 14.1 Å². The van der Waals surface area contributed by atoms with Gasteiger partial charge in [-0.25, -0.2) is 23.5 Å². The van der Waals surface area contributed by atoms with Crippen LogP contribution in [0.3, 0.4) is 0 Å². The topological polar surface area (TPSA) is 83.1 Å². The van der Waals surface area contributed by atoms with Crippen LogP contribution in [0.1, 0.15) is 11.7 Å². The number of hydrogen-bond donors (Lipinski definition) is 0. The normalized spacial score (nSPS) is 10.2. The van der Waals surface area contributed by atoms with E-state index < -0.39 is 23.0 Å². The summed E-state index contributed by atoms with van der Waals surface area (Å²) in [5, 5.41) is 0. The highest BCUT2D eigenvalue weighted by Crippen LogP contribution is 1.88. The van der Waals surface area contributed by atoms with Gasteiger partial charge in [0.1, 0.15) is 0 Å². The van der Waals surface area contributed by atoms with Gasteiger partial charge in [0.2, 0.25) is 0 Å².